The standard InChI is InChI=1S/C15H14N4OS2/c20-14(11-8-22-12-4-2-1-3-10(11)12)16-7-13-17-18-15(21)19(13)9-5-6-9/h1-4,8-9H,5-7H2,(H,16,20)(H,18,21). The lowest BCUT2D eigenvalue weighted by Gasteiger charge is -2.06. The van der Waals surface area contributed by atoms with Crippen LogP contribution < -0.4 is 5.32 Å². The third kappa shape index (κ3) is 2.36. The van der Waals surface area contributed by atoms with Crippen molar-refractivity contribution < 1.29 is 4.79 Å². The molecule has 0 saturated heterocycles. The topological polar surface area (TPSA) is 62.7 Å². The van der Waals surface area contributed by atoms with E-state index in [2.05, 4.69) is 15.5 Å². The zero-order valence-corrected chi connectivity index (χ0v) is 13.3. The van der Waals surface area contributed by atoms with E-state index < -0.39 is 0 Å². The van der Waals surface area contributed by atoms with E-state index in [1.165, 1.54) is 0 Å². The predicted octanol–water partition coefficient (Wildman–Crippen LogP) is 3.42. The van der Waals surface area contributed by atoms with Crippen molar-refractivity contribution in [3.05, 3.63) is 45.8 Å². The van der Waals surface area contributed by atoms with Crippen LogP contribution in [-0.2, 0) is 6.54 Å². The molecule has 0 unspecified atom stereocenters. The summed E-state index contributed by atoms with van der Waals surface area (Å²) < 4.78 is 3.77. The zero-order valence-electron chi connectivity index (χ0n) is 11.7. The number of H-pyrrole nitrogens is 1. The highest BCUT2D eigenvalue weighted by Gasteiger charge is 2.27. The lowest BCUT2D eigenvalue weighted by Crippen LogP contribution is -2.24. The normalized spacial score (nSPS) is 14.4. The molecule has 1 aromatic carbocycles. The van der Waals surface area contributed by atoms with Gasteiger partial charge in [-0.05, 0) is 31.1 Å². The number of carbonyl (C=O) groups excluding carboxylic acids is 1. The number of benzene rings is 1. The van der Waals surface area contributed by atoms with Crippen molar-refractivity contribution in [1.29, 1.82) is 0 Å². The number of carbonyl (C=O) groups is 1. The van der Waals surface area contributed by atoms with Crippen LogP contribution in [0.3, 0.4) is 0 Å². The van der Waals surface area contributed by atoms with E-state index in [-0.39, 0.29) is 5.91 Å². The van der Waals surface area contributed by atoms with Crippen molar-refractivity contribution in [3.63, 3.8) is 0 Å². The van der Waals surface area contributed by atoms with Gasteiger partial charge < -0.3 is 5.32 Å². The maximum atomic E-state index is 12.4. The van der Waals surface area contributed by atoms with E-state index in [0.717, 1.165) is 28.8 Å². The number of hydrogen-bond donors (Lipinski definition) is 2. The molecule has 112 valence electrons. The number of nitrogens with one attached hydrogen (secondary N) is 2. The number of nitrogens with zero attached hydrogens (tertiary/aromatic N) is 2. The van der Waals surface area contributed by atoms with Gasteiger partial charge in [-0.25, -0.2) is 0 Å². The van der Waals surface area contributed by atoms with Crippen molar-refractivity contribution in [1.82, 2.24) is 20.1 Å². The summed E-state index contributed by atoms with van der Waals surface area (Å²) in [5, 5.41) is 12.9. The van der Waals surface area contributed by atoms with Gasteiger partial charge in [-0.3, -0.25) is 14.5 Å². The third-order valence-electron chi connectivity index (χ3n) is 3.82. The molecule has 22 heavy (non-hydrogen) atoms. The largest absolute Gasteiger partial charge is 0.345 e. The quantitative estimate of drug-likeness (QED) is 0.721. The van der Waals surface area contributed by atoms with Gasteiger partial charge in [0, 0.05) is 21.5 Å². The second kappa shape index (κ2) is 5.33. The van der Waals surface area contributed by atoms with E-state index in [1.807, 2.05) is 34.2 Å². The molecule has 1 fully saturated rings. The van der Waals surface area contributed by atoms with Gasteiger partial charge in [0.2, 0.25) is 0 Å². The summed E-state index contributed by atoms with van der Waals surface area (Å²) in [5.74, 6) is 0.717. The minimum atomic E-state index is -0.0753. The summed E-state index contributed by atoms with van der Waals surface area (Å²) in [6, 6.07) is 8.37. The Balaban J connectivity index is 1.54. The maximum Gasteiger partial charge on any atom is 0.253 e. The molecule has 0 spiro atoms. The van der Waals surface area contributed by atoms with Gasteiger partial charge in [0.25, 0.3) is 5.91 Å². The molecule has 1 amide bonds. The molecular weight excluding hydrogens is 316 g/mol. The van der Waals surface area contributed by atoms with Gasteiger partial charge in [0.1, 0.15) is 0 Å². The summed E-state index contributed by atoms with van der Waals surface area (Å²) in [4.78, 5) is 12.4. The van der Waals surface area contributed by atoms with Crippen molar-refractivity contribution in [3.8, 4) is 0 Å². The molecule has 7 heteroatoms. The number of aromatic amines is 1. The Morgan fingerprint density at radius 2 is 2.27 bits per heavy atom. The monoisotopic (exact) mass is 330 g/mol. The summed E-state index contributed by atoms with van der Waals surface area (Å²) in [6.07, 6.45) is 2.26. The van der Waals surface area contributed by atoms with Gasteiger partial charge in [-0.15, -0.1) is 11.3 Å². The van der Waals surface area contributed by atoms with Crippen LogP contribution in [0.2, 0.25) is 0 Å². The predicted molar refractivity (Wildman–Crippen MR) is 88.7 cm³/mol. The summed E-state index contributed by atoms with van der Waals surface area (Å²) >= 11 is 6.83. The fraction of sp³-hybridized carbons (Fsp3) is 0.267. The van der Waals surface area contributed by atoms with Crippen molar-refractivity contribution in [2.45, 2.75) is 25.4 Å². The molecule has 0 atom stereocenters. The smallest absolute Gasteiger partial charge is 0.253 e. The average Bonchev–Trinajstić information content (AvgIpc) is 3.16. The molecule has 3 aromatic rings. The molecule has 2 aromatic heterocycles. The van der Waals surface area contributed by atoms with Gasteiger partial charge >= 0.3 is 0 Å². The van der Waals surface area contributed by atoms with Crippen molar-refractivity contribution in [2.75, 3.05) is 0 Å². The van der Waals surface area contributed by atoms with Crippen LogP contribution >= 0.6 is 23.6 Å². The molecule has 1 aliphatic carbocycles. The van der Waals surface area contributed by atoms with E-state index in [4.69, 9.17) is 12.2 Å². The first-order valence-corrected chi connectivity index (χ1v) is 8.43. The Morgan fingerprint density at radius 3 is 3.09 bits per heavy atom. The Hall–Kier alpha value is -1.99. The highest BCUT2D eigenvalue weighted by atomic mass is 32.1. The number of rotatable bonds is 4. The highest BCUT2D eigenvalue weighted by Crippen LogP contribution is 2.35. The van der Waals surface area contributed by atoms with Crippen LogP contribution in [0.15, 0.2) is 29.6 Å². The first-order valence-electron chi connectivity index (χ1n) is 7.14. The summed E-state index contributed by atoms with van der Waals surface area (Å²) in [7, 11) is 0. The Labute approximate surface area is 136 Å². The summed E-state index contributed by atoms with van der Waals surface area (Å²) in [5.41, 5.74) is 0.715. The van der Waals surface area contributed by atoms with Gasteiger partial charge in [0.15, 0.2) is 10.6 Å². The summed E-state index contributed by atoms with van der Waals surface area (Å²) in [6.45, 7) is 0.382. The van der Waals surface area contributed by atoms with E-state index in [0.29, 0.717) is 22.9 Å². The molecule has 5 nitrogen and oxygen atoms in total. The van der Waals surface area contributed by atoms with Gasteiger partial charge in [-0.2, -0.15) is 5.10 Å². The molecule has 1 aliphatic rings. The van der Waals surface area contributed by atoms with Crippen LogP contribution in [0.5, 0.6) is 0 Å². The molecule has 0 radical (unpaired) electrons. The number of thiophene rings is 1. The minimum absolute atomic E-state index is 0.0753. The van der Waals surface area contributed by atoms with Crippen molar-refractivity contribution in [2.24, 2.45) is 0 Å². The van der Waals surface area contributed by atoms with E-state index in [1.54, 1.807) is 11.3 Å². The van der Waals surface area contributed by atoms with Crippen molar-refractivity contribution >= 4 is 39.5 Å². The second-order valence-corrected chi connectivity index (χ2v) is 6.67. The first-order chi connectivity index (χ1) is 10.7. The number of aromatic nitrogens is 3. The molecule has 4 rings (SSSR count). The lowest BCUT2D eigenvalue weighted by molar-refractivity contribution is 0.0951. The zero-order chi connectivity index (χ0) is 15.1. The van der Waals surface area contributed by atoms with Crippen LogP contribution in [0.1, 0.15) is 35.1 Å². The Bertz CT molecular complexity index is 904. The lowest BCUT2D eigenvalue weighted by atomic mass is 10.1. The molecular formula is C15H14N4OS2. The average molecular weight is 330 g/mol. The SMILES string of the molecule is O=C(NCc1n[nH]c(=S)n1C1CC1)c1csc2ccccc12. The molecule has 2 N–H and O–H groups in total. The molecule has 0 aliphatic heterocycles. The second-order valence-electron chi connectivity index (χ2n) is 5.37. The Morgan fingerprint density at radius 1 is 1.45 bits per heavy atom. The van der Waals surface area contributed by atoms with Crippen LogP contribution in [0.4, 0.5) is 0 Å². The van der Waals surface area contributed by atoms with Crippen LogP contribution in [0, 0.1) is 4.77 Å². The van der Waals surface area contributed by atoms with E-state index in [9.17, 15) is 4.79 Å². The fourth-order valence-electron chi connectivity index (χ4n) is 2.58. The number of fused-ring (bicyclic) bond motifs is 1. The molecule has 2 heterocycles. The van der Waals surface area contributed by atoms with Gasteiger partial charge in [0.05, 0.1) is 12.1 Å². The third-order valence-corrected chi connectivity index (χ3v) is 5.07. The number of amides is 1. The minimum Gasteiger partial charge on any atom is -0.345 e. The Kier molecular flexibility index (Phi) is 3.31. The number of hydrogen-bond acceptors (Lipinski definition) is 4. The highest BCUT2D eigenvalue weighted by molar-refractivity contribution is 7.71. The molecule has 1 saturated carbocycles. The van der Waals surface area contributed by atoms with Crippen LogP contribution in [0.25, 0.3) is 10.1 Å². The fourth-order valence-corrected chi connectivity index (χ4v) is 3.82. The van der Waals surface area contributed by atoms with Crippen LogP contribution in [-0.4, -0.2) is 20.7 Å². The maximum absolute atomic E-state index is 12.4. The van der Waals surface area contributed by atoms with Gasteiger partial charge in [-0.1, -0.05) is 18.2 Å². The van der Waals surface area contributed by atoms with E-state index >= 15 is 0 Å². The molecule has 0 bridgehead atoms. The first kappa shape index (κ1) is 13.7.